The Morgan fingerprint density at radius 3 is 2.14 bits per heavy atom. The Bertz CT molecular complexity index is 1820. The number of imide groups is 1. The lowest BCUT2D eigenvalue weighted by Gasteiger charge is -2.36. The highest BCUT2D eigenvalue weighted by Crippen LogP contribution is 2.32. The first-order valence-electron chi connectivity index (χ1n) is 16.3. The molecule has 50 heavy (non-hydrogen) atoms. The number of aliphatic carboxylic acids is 1. The molecule has 4 aromatic carbocycles. The van der Waals surface area contributed by atoms with Crippen LogP contribution in [0.1, 0.15) is 54.5 Å². The normalized spacial score (nSPS) is 16.5. The van der Waals surface area contributed by atoms with Crippen molar-refractivity contribution in [3.05, 3.63) is 125 Å². The van der Waals surface area contributed by atoms with Crippen molar-refractivity contribution < 1.29 is 46.6 Å². The summed E-state index contributed by atoms with van der Waals surface area (Å²) in [4.78, 5) is 40.2. The number of fused-ring (bicyclic) bond motifs is 1. The molecule has 1 heterocycles. The highest BCUT2D eigenvalue weighted by atomic mass is 19.4. The average molecular weight is 690 g/mol. The average Bonchev–Trinajstić information content (AvgIpc) is 3.09. The van der Waals surface area contributed by atoms with Gasteiger partial charge in [0.1, 0.15) is 32.1 Å². The third kappa shape index (κ3) is 8.70. The molecule has 0 aliphatic carbocycles. The molecule has 0 saturated heterocycles. The summed E-state index contributed by atoms with van der Waals surface area (Å²) in [6.45, 7) is 5.55. The van der Waals surface area contributed by atoms with Crippen molar-refractivity contribution in [2.45, 2.75) is 52.4 Å². The molecule has 1 aliphatic rings. The van der Waals surface area contributed by atoms with E-state index in [-0.39, 0.29) is 38.3 Å². The van der Waals surface area contributed by atoms with Gasteiger partial charge in [0, 0.05) is 18.5 Å². The maximum absolute atomic E-state index is 14.0. The Hall–Kier alpha value is -5.16. The van der Waals surface area contributed by atoms with Crippen LogP contribution < -0.4 is 10.1 Å². The van der Waals surface area contributed by atoms with Crippen molar-refractivity contribution in [3.63, 3.8) is 0 Å². The summed E-state index contributed by atoms with van der Waals surface area (Å²) in [6.07, 6.45) is -4.83. The quantitative estimate of drug-likeness (QED) is 0.171. The highest BCUT2D eigenvalue weighted by Gasteiger charge is 2.50. The number of carbonyl (C=O) groups is 3. The van der Waals surface area contributed by atoms with Crippen LogP contribution in [-0.4, -0.2) is 47.4 Å². The van der Waals surface area contributed by atoms with Gasteiger partial charge in [0.25, 0.3) is 0 Å². The van der Waals surface area contributed by atoms with E-state index in [0.717, 1.165) is 28.8 Å². The SMILES string of the molecule is CC(C)(C)COC(=O)[N+]1(C(=O)NCC(C(=O)O)c2ccc(-c3ccccc3)cc2)CCc2ccc(OCc3ccc(C(F)(F)F)cc3)cc2C1. The van der Waals surface area contributed by atoms with E-state index in [1.807, 2.05) is 69.3 Å². The molecule has 0 spiro atoms. The molecule has 5 rings (SSSR count). The number of nitrogens with zero attached hydrogens (tertiary/aromatic N) is 1. The summed E-state index contributed by atoms with van der Waals surface area (Å²) < 4.78 is 49.7. The molecule has 2 atom stereocenters. The number of urea groups is 1. The largest absolute Gasteiger partial charge is 0.525 e. The number of hydrogen-bond donors (Lipinski definition) is 2. The zero-order chi connectivity index (χ0) is 36.1. The van der Waals surface area contributed by atoms with Crippen molar-refractivity contribution in [2.24, 2.45) is 5.41 Å². The Labute approximate surface area is 289 Å². The van der Waals surface area contributed by atoms with Gasteiger partial charge in [-0.25, -0.2) is 4.79 Å². The van der Waals surface area contributed by atoms with Gasteiger partial charge in [-0.15, -0.1) is 4.48 Å². The maximum Gasteiger partial charge on any atom is 0.525 e. The van der Waals surface area contributed by atoms with Crippen LogP contribution in [0, 0.1) is 5.41 Å². The molecule has 262 valence electrons. The fourth-order valence-electron chi connectivity index (χ4n) is 5.76. The molecule has 0 fully saturated rings. The number of carbonyl (C=O) groups excluding carboxylic acids is 2. The number of carboxylic acid groups (broad SMARTS) is 1. The number of ether oxygens (including phenoxy) is 2. The molecule has 2 unspecified atom stereocenters. The number of amides is 3. The highest BCUT2D eigenvalue weighted by molar-refractivity contribution is 5.82. The van der Waals surface area contributed by atoms with Gasteiger partial charge in [0.2, 0.25) is 0 Å². The Kier molecular flexibility index (Phi) is 10.7. The second-order valence-corrected chi connectivity index (χ2v) is 13.7. The number of hydrogen-bond acceptors (Lipinski definition) is 5. The molecule has 4 aromatic rings. The van der Waals surface area contributed by atoms with Crippen LogP contribution in [0.15, 0.2) is 97.1 Å². The minimum Gasteiger partial charge on any atom is -0.489 e. The minimum absolute atomic E-state index is 0.00788. The van der Waals surface area contributed by atoms with Crippen LogP contribution >= 0.6 is 0 Å². The van der Waals surface area contributed by atoms with Crippen LogP contribution in [0.5, 0.6) is 5.75 Å². The first kappa shape index (κ1) is 36.1. The van der Waals surface area contributed by atoms with Gasteiger partial charge in [-0.1, -0.05) is 93.6 Å². The van der Waals surface area contributed by atoms with Gasteiger partial charge < -0.3 is 19.9 Å². The number of rotatable bonds is 9. The fourth-order valence-corrected chi connectivity index (χ4v) is 5.76. The number of quaternary nitrogens is 1. The molecule has 11 heteroatoms. The molecule has 0 bridgehead atoms. The lowest BCUT2D eigenvalue weighted by molar-refractivity contribution is -0.794. The van der Waals surface area contributed by atoms with Crippen molar-refractivity contribution >= 4 is 18.1 Å². The maximum atomic E-state index is 14.0. The van der Waals surface area contributed by atoms with Gasteiger partial charge >= 0.3 is 24.3 Å². The lowest BCUT2D eigenvalue weighted by atomic mass is 9.96. The van der Waals surface area contributed by atoms with Crippen LogP contribution in [0.25, 0.3) is 11.1 Å². The number of carboxylic acids is 1. The second-order valence-electron chi connectivity index (χ2n) is 13.7. The summed E-state index contributed by atoms with van der Waals surface area (Å²) >= 11 is 0. The predicted octanol–water partition coefficient (Wildman–Crippen LogP) is 8.59. The summed E-state index contributed by atoms with van der Waals surface area (Å²) in [5.74, 6) is -1.79. The summed E-state index contributed by atoms with van der Waals surface area (Å²) in [5, 5.41) is 12.9. The van der Waals surface area contributed by atoms with Gasteiger partial charge in [0.15, 0.2) is 0 Å². The molecule has 0 saturated carbocycles. The number of benzene rings is 4. The van der Waals surface area contributed by atoms with Crippen molar-refractivity contribution in [1.82, 2.24) is 5.32 Å². The molecule has 1 aliphatic heterocycles. The zero-order valence-corrected chi connectivity index (χ0v) is 28.1. The van der Waals surface area contributed by atoms with E-state index < -0.39 is 40.2 Å². The minimum atomic E-state index is -4.44. The van der Waals surface area contributed by atoms with Gasteiger partial charge in [-0.2, -0.15) is 18.0 Å². The topological polar surface area (TPSA) is 102 Å². The summed E-state index contributed by atoms with van der Waals surface area (Å²) in [5.41, 5.74) is 3.38. The van der Waals surface area contributed by atoms with Crippen molar-refractivity contribution in [1.29, 1.82) is 0 Å². The lowest BCUT2D eigenvalue weighted by Crippen LogP contribution is -2.63. The van der Waals surface area contributed by atoms with E-state index >= 15 is 0 Å². The molecule has 8 nitrogen and oxygen atoms in total. The summed E-state index contributed by atoms with van der Waals surface area (Å²) in [6, 6.07) is 26.1. The third-order valence-corrected chi connectivity index (χ3v) is 8.61. The molecule has 0 aromatic heterocycles. The van der Waals surface area contributed by atoms with Crippen molar-refractivity contribution in [3.8, 4) is 16.9 Å². The number of halogens is 3. The van der Waals surface area contributed by atoms with E-state index in [9.17, 15) is 32.7 Å². The first-order chi connectivity index (χ1) is 23.6. The number of alkyl halides is 3. The van der Waals surface area contributed by atoms with E-state index in [4.69, 9.17) is 9.47 Å². The van der Waals surface area contributed by atoms with E-state index in [0.29, 0.717) is 28.9 Å². The van der Waals surface area contributed by atoms with Crippen LogP contribution in [-0.2, 0) is 35.3 Å². The Morgan fingerprint density at radius 2 is 1.52 bits per heavy atom. The smallest absolute Gasteiger partial charge is 0.489 e. The van der Waals surface area contributed by atoms with E-state index in [2.05, 4.69) is 5.32 Å². The van der Waals surface area contributed by atoms with Crippen LogP contribution in [0.3, 0.4) is 0 Å². The monoisotopic (exact) mass is 689 g/mol. The predicted molar refractivity (Wildman–Crippen MR) is 181 cm³/mol. The first-order valence-corrected chi connectivity index (χ1v) is 16.3. The zero-order valence-electron chi connectivity index (χ0n) is 28.1. The molecule has 0 radical (unpaired) electrons. The Morgan fingerprint density at radius 1 is 0.860 bits per heavy atom. The van der Waals surface area contributed by atoms with E-state index in [1.54, 1.807) is 24.3 Å². The van der Waals surface area contributed by atoms with Crippen molar-refractivity contribution in [2.75, 3.05) is 19.7 Å². The molecule has 3 amide bonds. The van der Waals surface area contributed by atoms with Gasteiger partial charge in [-0.3, -0.25) is 4.79 Å². The van der Waals surface area contributed by atoms with Gasteiger partial charge in [-0.05, 0) is 57.5 Å². The van der Waals surface area contributed by atoms with Crippen LogP contribution in [0.2, 0.25) is 0 Å². The number of nitrogens with one attached hydrogen (secondary N) is 1. The van der Waals surface area contributed by atoms with Crippen LogP contribution in [0.4, 0.5) is 22.8 Å². The third-order valence-electron chi connectivity index (χ3n) is 8.61. The van der Waals surface area contributed by atoms with E-state index in [1.165, 1.54) is 12.1 Å². The van der Waals surface area contributed by atoms with Gasteiger partial charge in [0.05, 0.1) is 11.5 Å². The molecular formula is C39H40F3N2O6+. The molecule has 2 N–H and O–H groups in total. The molecular weight excluding hydrogens is 649 g/mol. The standard InChI is InChI=1S/C39H39F3N2O6/c1-38(2,3)25-50-37(48)44(36(47)43-22-34(35(45)46)30-13-11-28(12-14-30)27-7-5-4-6-8-27)20-19-29-15-18-33(21-31(29)23-44)49-24-26-9-16-32(17-10-26)39(40,41)42/h4-18,21,34H,19-20,22-25H2,1-3H3,(H-,43,45,46,47)/p+1. The second kappa shape index (κ2) is 14.8. The Balaban J connectivity index is 1.34. The fraction of sp³-hybridized carbons (Fsp3) is 0.308. The summed E-state index contributed by atoms with van der Waals surface area (Å²) in [7, 11) is 0.